The first-order valence-electron chi connectivity index (χ1n) is 8.56. The molecule has 0 atom stereocenters. The number of rotatable bonds is 3. The molecular weight excluding hydrogens is 328 g/mol. The Kier molecular flexibility index (Phi) is 5.21. The van der Waals surface area contributed by atoms with Gasteiger partial charge in [0.25, 0.3) is 5.91 Å². The number of hydrogen-bond donors (Lipinski definition) is 2. The number of carbonyl (C=O) groups excluding carboxylic acids is 1. The van der Waals surface area contributed by atoms with Crippen LogP contribution in [0, 0.1) is 0 Å². The van der Waals surface area contributed by atoms with Crippen molar-refractivity contribution in [2.45, 2.75) is 52.4 Å². The topological polar surface area (TPSA) is 79.3 Å². The fourth-order valence-corrected chi connectivity index (χ4v) is 2.33. The quantitative estimate of drug-likeness (QED) is 0.842. The van der Waals surface area contributed by atoms with E-state index in [2.05, 4.69) is 46.9 Å². The maximum absolute atomic E-state index is 12.7. The summed E-state index contributed by atoms with van der Waals surface area (Å²) >= 11 is 0. The molecule has 2 aromatic rings. The predicted molar refractivity (Wildman–Crippen MR) is 103 cm³/mol. The molecule has 0 saturated heterocycles. The van der Waals surface area contributed by atoms with Crippen molar-refractivity contribution >= 4 is 17.6 Å². The summed E-state index contributed by atoms with van der Waals surface area (Å²) in [6, 6.07) is 9.72. The van der Waals surface area contributed by atoms with Crippen molar-refractivity contribution in [3.63, 3.8) is 0 Å². The van der Waals surface area contributed by atoms with Crippen LogP contribution in [-0.2, 0) is 10.8 Å². The van der Waals surface area contributed by atoms with Crippen LogP contribution in [0.1, 0.15) is 73.6 Å². The van der Waals surface area contributed by atoms with Crippen LogP contribution in [-0.4, -0.2) is 22.0 Å². The van der Waals surface area contributed by atoms with E-state index in [-0.39, 0.29) is 22.3 Å². The summed E-state index contributed by atoms with van der Waals surface area (Å²) in [5.74, 6) is -1.24. The number of carbonyl (C=O) groups is 2. The zero-order chi connectivity index (χ0) is 19.7. The minimum Gasteiger partial charge on any atom is -0.478 e. The molecule has 0 radical (unpaired) electrons. The number of nitrogens with zero attached hydrogens (tertiary/aromatic N) is 1. The molecule has 0 aliphatic carbocycles. The maximum Gasteiger partial charge on any atom is 0.335 e. The van der Waals surface area contributed by atoms with Crippen LogP contribution in [0.3, 0.4) is 0 Å². The minimum absolute atomic E-state index is 0.178. The van der Waals surface area contributed by atoms with Gasteiger partial charge in [-0.1, -0.05) is 41.5 Å². The zero-order valence-electron chi connectivity index (χ0n) is 16.2. The molecule has 2 rings (SSSR count). The molecule has 0 saturated carbocycles. The first-order chi connectivity index (χ1) is 11.9. The molecular formula is C21H26N2O3. The lowest BCUT2D eigenvalue weighted by Gasteiger charge is -2.24. The molecule has 0 fully saturated rings. The van der Waals surface area contributed by atoms with E-state index in [0.29, 0.717) is 11.3 Å². The highest BCUT2D eigenvalue weighted by molar-refractivity contribution is 6.04. The largest absolute Gasteiger partial charge is 0.478 e. The number of pyridine rings is 1. The van der Waals surface area contributed by atoms with Crippen molar-refractivity contribution < 1.29 is 14.7 Å². The number of aromatic carboxylic acids is 1. The lowest BCUT2D eigenvalue weighted by Crippen LogP contribution is -2.22. The molecule has 138 valence electrons. The van der Waals surface area contributed by atoms with Crippen LogP contribution in [0.4, 0.5) is 5.69 Å². The van der Waals surface area contributed by atoms with Crippen LogP contribution in [0.2, 0.25) is 0 Å². The summed E-state index contributed by atoms with van der Waals surface area (Å²) in [6.07, 6.45) is 0. The number of carboxylic acid groups (broad SMARTS) is 1. The zero-order valence-corrected chi connectivity index (χ0v) is 16.2. The number of hydrogen-bond acceptors (Lipinski definition) is 3. The Hall–Kier alpha value is -2.69. The number of aromatic nitrogens is 1. The second-order valence-electron chi connectivity index (χ2n) is 8.46. The van der Waals surface area contributed by atoms with Gasteiger partial charge in [-0.3, -0.25) is 9.78 Å². The Bertz CT molecular complexity index is 794. The molecule has 26 heavy (non-hydrogen) atoms. The molecule has 0 aliphatic rings. The van der Waals surface area contributed by atoms with Gasteiger partial charge in [0.15, 0.2) is 0 Å². The SMILES string of the molecule is CC(C)(C)c1cc(C(=O)Nc2ccc(C(=O)O)cc2)cc(C(C)(C)C)n1. The highest BCUT2D eigenvalue weighted by Gasteiger charge is 2.24. The molecule has 1 heterocycles. The molecule has 1 aromatic carbocycles. The Morgan fingerprint density at radius 3 is 1.69 bits per heavy atom. The number of benzene rings is 1. The van der Waals surface area contributed by atoms with Gasteiger partial charge in [-0.25, -0.2) is 4.79 Å². The molecule has 0 aliphatic heterocycles. The molecule has 2 N–H and O–H groups in total. The lowest BCUT2D eigenvalue weighted by atomic mass is 9.86. The third-order valence-corrected chi connectivity index (χ3v) is 4.01. The predicted octanol–water partition coefficient (Wildman–Crippen LogP) is 4.63. The van der Waals surface area contributed by atoms with Gasteiger partial charge in [0.2, 0.25) is 0 Å². The van der Waals surface area contributed by atoms with Gasteiger partial charge in [0.05, 0.1) is 5.56 Å². The van der Waals surface area contributed by atoms with E-state index in [0.717, 1.165) is 11.4 Å². The number of nitrogens with one attached hydrogen (secondary N) is 1. The summed E-state index contributed by atoms with van der Waals surface area (Å²) in [4.78, 5) is 28.4. The van der Waals surface area contributed by atoms with Gasteiger partial charge in [-0.2, -0.15) is 0 Å². The fraction of sp³-hybridized carbons (Fsp3) is 0.381. The highest BCUT2D eigenvalue weighted by Crippen LogP contribution is 2.27. The summed E-state index contributed by atoms with van der Waals surface area (Å²) in [5, 5.41) is 11.8. The van der Waals surface area contributed by atoms with Gasteiger partial charge < -0.3 is 10.4 Å². The third kappa shape index (κ3) is 4.69. The Morgan fingerprint density at radius 1 is 0.846 bits per heavy atom. The smallest absolute Gasteiger partial charge is 0.335 e. The molecule has 5 nitrogen and oxygen atoms in total. The van der Waals surface area contributed by atoms with E-state index in [4.69, 9.17) is 10.1 Å². The van der Waals surface area contributed by atoms with Crippen LogP contribution in [0.5, 0.6) is 0 Å². The van der Waals surface area contributed by atoms with Crippen molar-refractivity contribution in [2.24, 2.45) is 0 Å². The average molecular weight is 354 g/mol. The normalized spacial score (nSPS) is 11.9. The van der Waals surface area contributed by atoms with Gasteiger partial charge in [0.1, 0.15) is 0 Å². The summed E-state index contributed by atoms with van der Waals surface area (Å²) in [7, 11) is 0. The average Bonchev–Trinajstić information content (AvgIpc) is 2.53. The van der Waals surface area contributed by atoms with Crippen LogP contribution >= 0.6 is 0 Å². The monoisotopic (exact) mass is 354 g/mol. The van der Waals surface area contributed by atoms with E-state index >= 15 is 0 Å². The van der Waals surface area contributed by atoms with Crippen molar-refractivity contribution in [2.75, 3.05) is 5.32 Å². The van der Waals surface area contributed by atoms with Crippen LogP contribution in [0.25, 0.3) is 0 Å². The number of carboxylic acids is 1. The van der Waals surface area contributed by atoms with E-state index in [1.54, 1.807) is 12.1 Å². The van der Waals surface area contributed by atoms with Gasteiger partial charge in [0, 0.05) is 33.5 Å². The lowest BCUT2D eigenvalue weighted by molar-refractivity contribution is 0.0696. The first kappa shape index (κ1) is 19.6. The van der Waals surface area contributed by atoms with Gasteiger partial charge >= 0.3 is 5.97 Å². The minimum atomic E-state index is -0.998. The molecule has 0 bridgehead atoms. The second kappa shape index (κ2) is 6.90. The Labute approximate surface area is 154 Å². The third-order valence-electron chi connectivity index (χ3n) is 4.01. The molecule has 0 spiro atoms. The first-order valence-corrected chi connectivity index (χ1v) is 8.56. The Balaban J connectivity index is 2.37. The van der Waals surface area contributed by atoms with E-state index < -0.39 is 5.97 Å². The van der Waals surface area contributed by atoms with E-state index in [9.17, 15) is 9.59 Å². The van der Waals surface area contributed by atoms with Crippen molar-refractivity contribution in [1.82, 2.24) is 4.98 Å². The van der Waals surface area contributed by atoms with Crippen LogP contribution < -0.4 is 5.32 Å². The summed E-state index contributed by atoms with van der Waals surface area (Å²) < 4.78 is 0. The van der Waals surface area contributed by atoms with Crippen molar-refractivity contribution in [3.05, 3.63) is 58.9 Å². The second-order valence-corrected chi connectivity index (χ2v) is 8.46. The molecule has 1 amide bonds. The maximum atomic E-state index is 12.7. The van der Waals surface area contributed by atoms with Gasteiger partial charge in [-0.05, 0) is 36.4 Å². The molecule has 0 unspecified atom stereocenters. The van der Waals surface area contributed by atoms with Crippen molar-refractivity contribution in [1.29, 1.82) is 0 Å². The summed E-state index contributed by atoms with van der Waals surface area (Å²) in [5.41, 5.74) is 2.62. The Morgan fingerprint density at radius 2 is 1.31 bits per heavy atom. The number of amides is 1. The highest BCUT2D eigenvalue weighted by atomic mass is 16.4. The molecule has 5 heteroatoms. The van der Waals surface area contributed by atoms with Gasteiger partial charge in [-0.15, -0.1) is 0 Å². The summed E-state index contributed by atoms with van der Waals surface area (Å²) in [6.45, 7) is 12.4. The molecule has 1 aromatic heterocycles. The fourth-order valence-electron chi connectivity index (χ4n) is 2.33. The van der Waals surface area contributed by atoms with Crippen molar-refractivity contribution in [3.8, 4) is 0 Å². The van der Waals surface area contributed by atoms with Crippen LogP contribution in [0.15, 0.2) is 36.4 Å². The number of anilines is 1. The van der Waals surface area contributed by atoms with E-state index in [1.807, 2.05) is 12.1 Å². The van der Waals surface area contributed by atoms with E-state index in [1.165, 1.54) is 12.1 Å². The standard InChI is InChI=1S/C21H26N2O3/c1-20(2,3)16-11-14(12-17(23-16)21(4,5)6)18(24)22-15-9-7-13(8-10-15)19(25)26/h7-12H,1-6H3,(H,22,24)(H,25,26).